The van der Waals surface area contributed by atoms with Gasteiger partial charge in [-0.2, -0.15) is 0 Å². The number of rotatable bonds is 11. The molecule has 2 N–H and O–H groups in total. The van der Waals surface area contributed by atoms with Crippen LogP contribution in [0.15, 0.2) is 164 Å². The summed E-state index contributed by atoms with van der Waals surface area (Å²) in [5, 5.41) is 9.88. The molecule has 2 heterocycles. The number of hydrogen-bond donors (Lipinski definition) is 2. The second-order valence-electron chi connectivity index (χ2n) is 20.5. The zero-order valence-corrected chi connectivity index (χ0v) is 40.4. The predicted molar refractivity (Wildman–Crippen MR) is 281 cm³/mol. The van der Waals surface area contributed by atoms with Crippen molar-refractivity contribution >= 4 is 44.6 Å². The van der Waals surface area contributed by atoms with Gasteiger partial charge in [-0.25, -0.2) is 9.37 Å². The Bertz CT molecular complexity index is 3230. The Kier molecular flexibility index (Phi) is 12.0. The van der Waals surface area contributed by atoms with Crippen molar-refractivity contribution in [3.63, 3.8) is 0 Å². The SMILES string of the molecule is CC(C)c1cccc(C(C)C)c1-c1cc(Nc2ccccc2Nc2ccc(C(C)(C)C)cc2-c2ccc(F)cc2)cc(Oc2ccc3c4ccccc4n(-c4cc(C(C)(C)C)ccn4)c3c2)c1. The van der Waals surface area contributed by atoms with E-state index in [1.54, 1.807) is 0 Å². The minimum absolute atomic E-state index is 0.0354. The van der Waals surface area contributed by atoms with Crippen molar-refractivity contribution in [1.29, 1.82) is 0 Å². The molecule has 0 radical (unpaired) electrons. The van der Waals surface area contributed by atoms with Gasteiger partial charge in [0, 0.05) is 46.0 Å². The van der Waals surface area contributed by atoms with Crippen LogP contribution in [0.3, 0.4) is 0 Å². The quantitative estimate of drug-likeness (QED) is 0.136. The molecule has 2 aromatic heterocycles. The molecule has 9 rings (SSSR count). The summed E-state index contributed by atoms with van der Waals surface area (Å²) in [7, 11) is 0. The molecule has 67 heavy (non-hydrogen) atoms. The van der Waals surface area contributed by atoms with Crippen LogP contribution in [0.4, 0.5) is 27.1 Å². The Hall–Kier alpha value is -7.18. The highest BCUT2D eigenvalue weighted by Crippen LogP contribution is 2.43. The van der Waals surface area contributed by atoms with Gasteiger partial charge in [0.05, 0.1) is 22.4 Å². The fraction of sp³-hybridized carbons (Fsp3) is 0.230. The van der Waals surface area contributed by atoms with E-state index in [9.17, 15) is 4.39 Å². The van der Waals surface area contributed by atoms with Crippen LogP contribution in [0.2, 0.25) is 0 Å². The molecule has 5 nitrogen and oxygen atoms in total. The van der Waals surface area contributed by atoms with Gasteiger partial charge in [0.15, 0.2) is 0 Å². The molecule has 7 aromatic carbocycles. The van der Waals surface area contributed by atoms with E-state index >= 15 is 0 Å². The molecule has 0 bridgehead atoms. The van der Waals surface area contributed by atoms with Crippen molar-refractivity contribution in [3.05, 3.63) is 192 Å². The Morgan fingerprint density at radius 2 is 1.16 bits per heavy atom. The van der Waals surface area contributed by atoms with E-state index < -0.39 is 0 Å². The Balaban J connectivity index is 1.16. The monoisotopic (exact) mass is 884 g/mol. The molecule has 0 amide bonds. The van der Waals surface area contributed by atoms with Crippen molar-refractivity contribution in [2.45, 2.75) is 91.9 Å². The first kappa shape index (κ1) is 45.0. The maximum absolute atomic E-state index is 14.2. The van der Waals surface area contributed by atoms with Gasteiger partial charge in [0.25, 0.3) is 0 Å². The molecule has 0 saturated carbocycles. The van der Waals surface area contributed by atoms with Crippen LogP contribution in [0, 0.1) is 5.82 Å². The number of para-hydroxylation sites is 3. The third-order valence-electron chi connectivity index (χ3n) is 12.8. The fourth-order valence-corrected chi connectivity index (χ4v) is 9.15. The zero-order valence-electron chi connectivity index (χ0n) is 40.4. The van der Waals surface area contributed by atoms with Crippen molar-refractivity contribution in [2.75, 3.05) is 10.6 Å². The van der Waals surface area contributed by atoms with Gasteiger partial charge in [-0.1, -0.05) is 136 Å². The van der Waals surface area contributed by atoms with E-state index in [4.69, 9.17) is 9.72 Å². The third kappa shape index (κ3) is 9.31. The zero-order chi connectivity index (χ0) is 47.2. The molecule has 338 valence electrons. The van der Waals surface area contributed by atoms with Gasteiger partial charge >= 0.3 is 0 Å². The van der Waals surface area contributed by atoms with Crippen molar-refractivity contribution in [3.8, 4) is 39.6 Å². The normalized spacial score (nSPS) is 12.1. The van der Waals surface area contributed by atoms with E-state index in [-0.39, 0.29) is 16.6 Å². The van der Waals surface area contributed by atoms with E-state index in [2.05, 4.69) is 206 Å². The average Bonchev–Trinajstić information content (AvgIpc) is 3.62. The predicted octanol–water partition coefficient (Wildman–Crippen LogP) is 17.8. The lowest BCUT2D eigenvalue weighted by Gasteiger charge is -2.23. The highest BCUT2D eigenvalue weighted by molar-refractivity contribution is 6.09. The summed E-state index contributed by atoms with van der Waals surface area (Å²) in [4.78, 5) is 4.92. The standard InChI is InChI=1S/C61H61FN4O/c1-38(2)48-17-15-18-49(39(3)4)59(48)41-32-45(64-54-19-12-13-20-55(54)65-53-29-24-42(60(5,6)7)34-52(53)40-22-25-44(62)26-23-40)36-47(33-41)67-46-27-28-51-50-16-11-14-21-56(50)66(57(51)37-46)58-35-43(30-31-63-58)61(8,9)10/h11-39,64-65H,1-10H3. The van der Waals surface area contributed by atoms with Gasteiger partial charge in [0.1, 0.15) is 23.1 Å². The molecule has 0 aliphatic carbocycles. The van der Waals surface area contributed by atoms with Gasteiger partial charge in [-0.15, -0.1) is 0 Å². The third-order valence-corrected chi connectivity index (χ3v) is 12.8. The van der Waals surface area contributed by atoms with Crippen LogP contribution in [0.5, 0.6) is 11.5 Å². The van der Waals surface area contributed by atoms with Crippen LogP contribution in [0.1, 0.15) is 103 Å². The maximum atomic E-state index is 14.2. The molecule has 9 aromatic rings. The number of halogens is 1. The number of nitrogens with zero attached hydrogens (tertiary/aromatic N) is 2. The summed E-state index contributed by atoms with van der Waals surface area (Å²) in [6.45, 7) is 22.4. The molecular weight excluding hydrogens is 824 g/mol. The molecule has 0 aliphatic heterocycles. The lowest BCUT2D eigenvalue weighted by molar-refractivity contribution is 0.484. The van der Waals surface area contributed by atoms with Crippen LogP contribution in [0.25, 0.3) is 49.9 Å². The number of benzene rings is 7. The molecule has 0 unspecified atom stereocenters. The second-order valence-corrected chi connectivity index (χ2v) is 20.5. The molecule has 0 aliphatic rings. The van der Waals surface area contributed by atoms with E-state index in [1.165, 1.54) is 39.9 Å². The second kappa shape index (κ2) is 17.9. The summed E-state index contributed by atoms with van der Waals surface area (Å²) in [6, 6.07) is 53.9. The van der Waals surface area contributed by atoms with Crippen molar-refractivity contribution in [1.82, 2.24) is 9.55 Å². The van der Waals surface area contributed by atoms with E-state index in [0.29, 0.717) is 17.6 Å². The van der Waals surface area contributed by atoms with E-state index in [1.807, 2.05) is 30.5 Å². The molecule has 6 heteroatoms. The number of anilines is 4. The van der Waals surface area contributed by atoms with Crippen LogP contribution in [-0.4, -0.2) is 9.55 Å². The van der Waals surface area contributed by atoms with Crippen LogP contribution in [-0.2, 0) is 10.8 Å². The summed E-state index contributed by atoms with van der Waals surface area (Å²) < 4.78 is 23.4. The Labute approximate surface area is 395 Å². The van der Waals surface area contributed by atoms with Crippen molar-refractivity contribution < 1.29 is 9.13 Å². The molecule has 0 saturated heterocycles. The largest absolute Gasteiger partial charge is 0.457 e. The number of aromatic nitrogens is 2. The lowest BCUT2D eigenvalue weighted by atomic mass is 9.85. The average molecular weight is 885 g/mol. The van der Waals surface area contributed by atoms with Crippen LogP contribution < -0.4 is 15.4 Å². The number of ether oxygens (including phenoxy) is 1. The summed E-state index contributed by atoms with van der Waals surface area (Å²) in [5.74, 6) is 2.65. The van der Waals surface area contributed by atoms with E-state index in [0.717, 1.165) is 72.8 Å². The van der Waals surface area contributed by atoms with Gasteiger partial charge in [-0.3, -0.25) is 4.57 Å². The highest BCUT2D eigenvalue weighted by Gasteiger charge is 2.22. The number of hydrogen-bond acceptors (Lipinski definition) is 4. The Morgan fingerprint density at radius 3 is 1.85 bits per heavy atom. The minimum Gasteiger partial charge on any atom is -0.457 e. The Morgan fingerprint density at radius 1 is 0.522 bits per heavy atom. The molecule has 0 atom stereocenters. The number of pyridine rings is 1. The van der Waals surface area contributed by atoms with Gasteiger partial charge in [0.2, 0.25) is 0 Å². The molecular formula is C61H61FN4O. The molecule has 0 spiro atoms. The minimum atomic E-state index is -0.259. The first-order valence-corrected chi connectivity index (χ1v) is 23.5. The number of nitrogens with one attached hydrogen (secondary N) is 2. The number of fused-ring (bicyclic) bond motifs is 3. The van der Waals surface area contributed by atoms with Gasteiger partial charge < -0.3 is 15.4 Å². The van der Waals surface area contributed by atoms with Crippen molar-refractivity contribution in [2.24, 2.45) is 0 Å². The first-order valence-electron chi connectivity index (χ1n) is 23.5. The smallest absolute Gasteiger partial charge is 0.137 e. The highest BCUT2D eigenvalue weighted by atomic mass is 19.1. The topological polar surface area (TPSA) is 51.1 Å². The fourth-order valence-electron chi connectivity index (χ4n) is 9.15. The molecule has 0 fully saturated rings. The summed E-state index contributed by atoms with van der Waals surface area (Å²) >= 11 is 0. The summed E-state index contributed by atoms with van der Waals surface area (Å²) in [6.07, 6.45) is 1.91. The lowest BCUT2D eigenvalue weighted by Crippen LogP contribution is -2.12. The van der Waals surface area contributed by atoms with Gasteiger partial charge in [-0.05, 0) is 140 Å². The van der Waals surface area contributed by atoms with Crippen LogP contribution >= 0.6 is 0 Å². The maximum Gasteiger partial charge on any atom is 0.137 e. The summed E-state index contributed by atoms with van der Waals surface area (Å²) in [5.41, 5.74) is 14.9. The first-order chi connectivity index (χ1) is 32.0.